The monoisotopic (exact) mass is 180 g/mol. The standard InChI is InChI=1S/C13H24/c1-13(2,3)12-9-11(12)10-7-5-4-6-8-10/h10-12H,4-9H2,1-3H3. The third-order valence-corrected chi connectivity index (χ3v) is 4.21. The Morgan fingerprint density at radius 1 is 0.923 bits per heavy atom. The summed E-state index contributed by atoms with van der Waals surface area (Å²) in [6, 6.07) is 0. The largest absolute Gasteiger partial charge is 0.0599 e. The SMILES string of the molecule is CC(C)(C)C1CC1C1CCCCC1. The van der Waals surface area contributed by atoms with Gasteiger partial charge in [0.1, 0.15) is 0 Å². The fraction of sp³-hybridized carbons (Fsp3) is 1.00. The Kier molecular flexibility index (Phi) is 2.42. The Balaban J connectivity index is 1.84. The average molecular weight is 180 g/mol. The Labute approximate surface area is 83.1 Å². The second kappa shape index (κ2) is 3.29. The van der Waals surface area contributed by atoms with Gasteiger partial charge in [-0.05, 0) is 29.6 Å². The van der Waals surface area contributed by atoms with Gasteiger partial charge in [-0.3, -0.25) is 0 Å². The summed E-state index contributed by atoms with van der Waals surface area (Å²) in [7, 11) is 0. The van der Waals surface area contributed by atoms with E-state index < -0.39 is 0 Å². The summed E-state index contributed by atoms with van der Waals surface area (Å²) in [6.45, 7) is 7.25. The molecule has 2 rings (SSSR count). The molecule has 0 nitrogen and oxygen atoms in total. The van der Waals surface area contributed by atoms with Crippen LogP contribution in [0.1, 0.15) is 59.3 Å². The molecule has 0 aliphatic heterocycles. The van der Waals surface area contributed by atoms with Gasteiger partial charge in [0, 0.05) is 0 Å². The first kappa shape index (κ1) is 9.55. The van der Waals surface area contributed by atoms with E-state index in [9.17, 15) is 0 Å². The summed E-state index contributed by atoms with van der Waals surface area (Å²) in [5.74, 6) is 3.27. The molecule has 13 heavy (non-hydrogen) atoms. The van der Waals surface area contributed by atoms with Crippen molar-refractivity contribution in [3.63, 3.8) is 0 Å². The van der Waals surface area contributed by atoms with Gasteiger partial charge < -0.3 is 0 Å². The first-order valence-electron chi connectivity index (χ1n) is 6.09. The molecule has 0 aromatic heterocycles. The van der Waals surface area contributed by atoms with E-state index in [1.54, 1.807) is 0 Å². The Morgan fingerprint density at radius 3 is 2.00 bits per heavy atom. The van der Waals surface area contributed by atoms with Crippen LogP contribution in [0.15, 0.2) is 0 Å². The molecular formula is C13H24. The van der Waals surface area contributed by atoms with Gasteiger partial charge in [-0.1, -0.05) is 52.9 Å². The lowest BCUT2D eigenvalue weighted by molar-refractivity contribution is 0.256. The van der Waals surface area contributed by atoms with Crippen molar-refractivity contribution in [1.29, 1.82) is 0 Å². The molecule has 2 unspecified atom stereocenters. The lowest BCUT2D eigenvalue weighted by Gasteiger charge is -2.25. The van der Waals surface area contributed by atoms with Crippen molar-refractivity contribution >= 4 is 0 Å². The molecule has 0 amide bonds. The van der Waals surface area contributed by atoms with Crippen LogP contribution in [-0.4, -0.2) is 0 Å². The van der Waals surface area contributed by atoms with Gasteiger partial charge >= 0.3 is 0 Å². The van der Waals surface area contributed by atoms with Gasteiger partial charge in [0.05, 0.1) is 0 Å². The minimum absolute atomic E-state index is 0.585. The van der Waals surface area contributed by atoms with Crippen LogP contribution in [0, 0.1) is 23.2 Å². The smallest absolute Gasteiger partial charge is 0.0331 e. The average Bonchev–Trinajstić information content (AvgIpc) is 2.83. The molecule has 0 spiro atoms. The van der Waals surface area contributed by atoms with Crippen LogP contribution >= 0.6 is 0 Å². The summed E-state index contributed by atoms with van der Waals surface area (Å²) in [5.41, 5.74) is 0.585. The molecule has 2 aliphatic rings. The summed E-state index contributed by atoms with van der Waals surface area (Å²) in [5, 5.41) is 0. The summed E-state index contributed by atoms with van der Waals surface area (Å²) >= 11 is 0. The van der Waals surface area contributed by atoms with Gasteiger partial charge in [0.2, 0.25) is 0 Å². The fourth-order valence-electron chi connectivity index (χ4n) is 3.29. The lowest BCUT2D eigenvalue weighted by Crippen LogP contribution is -2.15. The van der Waals surface area contributed by atoms with E-state index >= 15 is 0 Å². The fourth-order valence-corrected chi connectivity index (χ4v) is 3.29. The van der Waals surface area contributed by atoms with Crippen LogP contribution in [0.2, 0.25) is 0 Å². The van der Waals surface area contributed by atoms with Crippen molar-refractivity contribution in [3.8, 4) is 0 Å². The van der Waals surface area contributed by atoms with E-state index in [0.29, 0.717) is 5.41 Å². The molecule has 2 aliphatic carbocycles. The van der Waals surface area contributed by atoms with Crippen molar-refractivity contribution in [2.75, 3.05) is 0 Å². The van der Waals surface area contributed by atoms with Gasteiger partial charge in [0.15, 0.2) is 0 Å². The van der Waals surface area contributed by atoms with Crippen LogP contribution in [-0.2, 0) is 0 Å². The van der Waals surface area contributed by atoms with E-state index in [1.807, 2.05) is 0 Å². The van der Waals surface area contributed by atoms with Crippen molar-refractivity contribution in [3.05, 3.63) is 0 Å². The van der Waals surface area contributed by atoms with Crippen molar-refractivity contribution in [2.45, 2.75) is 59.3 Å². The highest BCUT2D eigenvalue weighted by molar-refractivity contribution is 4.97. The highest BCUT2D eigenvalue weighted by atomic mass is 14.5. The Bertz CT molecular complexity index is 169. The third kappa shape index (κ3) is 2.08. The first-order chi connectivity index (χ1) is 6.09. The second-order valence-electron chi connectivity index (χ2n) is 6.27. The van der Waals surface area contributed by atoms with Crippen molar-refractivity contribution < 1.29 is 0 Å². The minimum atomic E-state index is 0.585. The lowest BCUT2D eigenvalue weighted by atomic mass is 9.81. The van der Waals surface area contributed by atoms with E-state index in [1.165, 1.54) is 38.5 Å². The molecule has 2 saturated carbocycles. The molecule has 0 heterocycles. The molecule has 0 bridgehead atoms. The molecule has 0 N–H and O–H groups in total. The zero-order chi connectivity index (χ0) is 9.47. The van der Waals surface area contributed by atoms with E-state index in [4.69, 9.17) is 0 Å². The summed E-state index contributed by atoms with van der Waals surface area (Å²) < 4.78 is 0. The molecule has 0 heteroatoms. The minimum Gasteiger partial charge on any atom is -0.0599 e. The van der Waals surface area contributed by atoms with Crippen LogP contribution in [0.5, 0.6) is 0 Å². The van der Waals surface area contributed by atoms with Crippen LogP contribution in [0.4, 0.5) is 0 Å². The second-order valence-corrected chi connectivity index (χ2v) is 6.27. The zero-order valence-electron chi connectivity index (χ0n) is 9.47. The van der Waals surface area contributed by atoms with Gasteiger partial charge in [0.25, 0.3) is 0 Å². The van der Waals surface area contributed by atoms with Crippen molar-refractivity contribution in [1.82, 2.24) is 0 Å². The molecule has 0 aromatic rings. The third-order valence-electron chi connectivity index (χ3n) is 4.21. The van der Waals surface area contributed by atoms with E-state index in [-0.39, 0.29) is 0 Å². The van der Waals surface area contributed by atoms with Gasteiger partial charge in [-0.15, -0.1) is 0 Å². The predicted octanol–water partition coefficient (Wildman–Crippen LogP) is 4.25. The maximum absolute atomic E-state index is 2.42. The normalized spacial score (nSPS) is 36.2. The molecule has 2 fully saturated rings. The molecule has 76 valence electrons. The maximum atomic E-state index is 2.42. The molecule has 0 radical (unpaired) electrons. The molecule has 2 atom stereocenters. The van der Waals surface area contributed by atoms with Crippen LogP contribution in [0.25, 0.3) is 0 Å². The number of hydrogen-bond donors (Lipinski definition) is 0. The molecular weight excluding hydrogens is 156 g/mol. The zero-order valence-corrected chi connectivity index (χ0v) is 9.47. The van der Waals surface area contributed by atoms with Gasteiger partial charge in [-0.25, -0.2) is 0 Å². The van der Waals surface area contributed by atoms with E-state index in [0.717, 1.165) is 17.8 Å². The molecule has 0 aromatic carbocycles. The van der Waals surface area contributed by atoms with Crippen molar-refractivity contribution in [2.24, 2.45) is 23.2 Å². The Hall–Kier alpha value is 0. The van der Waals surface area contributed by atoms with E-state index in [2.05, 4.69) is 20.8 Å². The number of rotatable bonds is 1. The quantitative estimate of drug-likeness (QED) is 0.566. The molecule has 0 saturated heterocycles. The summed E-state index contributed by atoms with van der Waals surface area (Å²) in [4.78, 5) is 0. The first-order valence-corrected chi connectivity index (χ1v) is 6.09. The Morgan fingerprint density at radius 2 is 1.54 bits per heavy atom. The number of hydrogen-bond acceptors (Lipinski definition) is 0. The highest BCUT2D eigenvalue weighted by Gasteiger charge is 2.48. The van der Waals surface area contributed by atoms with Crippen LogP contribution in [0.3, 0.4) is 0 Å². The topological polar surface area (TPSA) is 0 Å². The maximum Gasteiger partial charge on any atom is -0.0331 e. The highest BCUT2D eigenvalue weighted by Crippen LogP contribution is 2.56. The predicted molar refractivity (Wildman–Crippen MR) is 57.6 cm³/mol. The summed E-state index contributed by atoms with van der Waals surface area (Å²) in [6.07, 6.45) is 9.14. The van der Waals surface area contributed by atoms with Crippen LogP contribution < -0.4 is 0 Å². The van der Waals surface area contributed by atoms with Gasteiger partial charge in [-0.2, -0.15) is 0 Å².